The van der Waals surface area contributed by atoms with Gasteiger partial charge in [0.2, 0.25) is 21.8 Å². The summed E-state index contributed by atoms with van der Waals surface area (Å²) < 4.78 is 45.2. The molecule has 1 heterocycles. The van der Waals surface area contributed by atoms with E-state index in [0.29, 0.717) is 11.6 Å². The van der Waals surface area contributed by atoms with E-state index in [0.717, 1.165) is 17.7 Å². The molecule has 0 aliphatic heterocycles. The molecule has 1 amide bonds. The summed E-state index contributed by atoms with van der Waals surface area (Å²) in [5, 5.41) is 2.61. The van der Waals surface area contributed by atoms with E-state index >= 15 is 0 Å². The number of hydrogen-bond donors (Lipinski definition) is 2. The van der Waals surface area contributed by atoms with Gasteiger partial charge in [0.1, 0.15) is 11.6 Å². The van der Waals surface area contributed by atoms with Crippen LogP contribution in [0.1, 0.15) is 5.56 Å². The summed E-state index contributed by atoms with van der Waals surface area (Å²) in [6.07, 6.45) is 1.62. The van der Waals surface area contributed by atoms with Crippen LogP contribution >= 0.6 is 0 Å². The van der Waals surface area contributed by atoms with Crippen LogP contribution in [0, 0.1) is 5.82 Å². The summed E-state index contributed by atoms with van der Waals surface area (Å²) in [6.45, 7) is -0.289. The number of halogens is 1. The third-order valence-corrected chi connectivity index (χ3v) is 5.18. The first-order chi connectivity index (χ1) is 13.9. The Morgan fingerprint density at radius 1 is 1.03 bits per heavy atom. The Morgan fingerprint density at radius 3 is 2.62 bits per heavy atom. The minimum Gasteiger partial charge on any atom is -0.439 e. The maximum atomic E-state index is 13.2. The Bertz CT molecular complexity index is 1090. The highest BCUT2D eigenvalue weighted by atomic mass is 32.2. The molecule has 150 valence electrons. The first-order valence-electron chi connectivity index (χ1n) is 8.62. The molecule has 0 aliphatic carbocycles. The summed E-state index contributed by atoms with van der Waals surface area (Å²) >= 11 is 0. The van der Waals surface area contributed by atoms with Crippen molar-refractivity contribution in [1.29, 1.82) is 0 Å². The van der Waals surface area contributed by atoms with Gasteiger partial charge >= 0.3 is 0 Å². The van der Waals surface area contributed by atoms with Crippen molar-refractivity contribution in [2.45, 2.75) is 11.4 Å². The molecule has 9 heteroatoms. The van der Waals surface area contributed by atoms with Gasteiger partial charge in [0.25, 0.3) is 0 Å². The third kappa shape index (κ3) is 6.09. The second-order valence-electron chi connectivity index (χ2n) is 5.98. The molecule has 0 bridgehead atoms. The van der Waals surface area contributed by atoms with Crippen molar-refractivity contribution in [3.05, 3.63) is 84.3 Å². The molecule has 0 fully saturated rings. The number of aromatic nitrogens is 1. The van der Waals surface area contributed by atoms with Gasteiger partial charge in [0.15, 0.2) is 0 Å². The molecule has 1 aromatic heterocycles. The number of nitrogens with one attached hydrogen (secondary N) is 2. The van der Waals surface area contributed by atoms with Crippen molar-refractivity contribution < 1.29 is 22.3 Å². The number of amides is 1. The maximum absolute atomic E-state index is 13.2. The SMILES string of the molecule is O=C(CNS(=O)(=O)c1cccc(F)c1)NCc1cccc(Oc2ccccn2)c1. The number of sulfonamides is 1. The standard InChI is InChI=1S/C20H18FN3O4S/c21-16-6-4-8-18(12-16)29(26,27)24-14-19(25)23-13-15-5-3-7-17(11-15)28-20-9-1-2-10-22-20/h1-12,24H,13-14H2,(H,23,25). The van der Waals surface area contributed by atoms with Gasteiger partial charge in [0.05, 0.1) is 11.4 Å². The first-order valence-corrected chi connectivity index (χ1v) is 10.1. The monoisotopic (exact) mass is 415 g/mol. The summed E-state index contributed by atoms with van der Waals surface area (Å²) in [7, 11) is -3.98. The molecule has 0 saturated carbocycles. The van der Waals surface area contributed by atoms with Crippen LogP contribution in [0.4, 0.5) is 4.39 Å². The van der Waals surface area contributed by atoms with Gasteiger partial charge in [-0.3, -0.25) is 4.79 Å². The topological polar surface area (TPSA) is 97.4 Å². The highest BCUT2D eigenvalue weighted by molar-refractivity contribution is 7.89. The molecule has 2 aromatic carbocycles. The normalized spacial score (nSPS) is 11.1. The predicted octanol–water partition coefficient (Wildman–Crippen LogP) is 2.61. The fourth-order valence-corrected chi connectivity index (χ4v) is 3.40. The van der Waals surface area contributed by atoms with Gasteiger partial charge in [0, 0.05) is 18.8 Å². The van der Waals surface area contributed by atoms with Crippen LogP contribution in [-0.2, 0) is 21.4 Å². The van der Waals surface area contributed by atoms with Crippen LogP contribution in [0.25, 0.3) is 0 Å². The van der Waals surface area contributed by atoms with Crippen LogP contribution < -0.4 is 14.8 Å². The second kappa shape index (κ2) is 9.26. The maximum Gasteiger partial charge on any atom is 0.241 e. The number of hydrogen-bond acceptors (Lipinski definition) is 5. The second-order valence-corrected chi connectivity index (χ2v) is 7.74. The number of pyridine rings is 1. The molecule has 3 aromatic rings. The van der Waals surface area contributed by atoms with Gasteiger partial charge < -0.3 is 10.1 Å². The summed E-state index contributed by atoms with van der Waals surface area (Å²) in [5.74, 6) is -0.200. The van der Waals surface area contributed by atoms with Crippen molar-refractivity contribution in [1.82, 2.24) is 15.0 Å². The lowest BCUT2D eigenvalue weighted by atomic mass is 10.2. The highest BCUT2D eigenvalue weighted by Gasteiger charge is 2.16. The third-order valence-electron chi connectivity index (χ3n) is 3.78. The zero-order valence-corrected chi connectivity index (χ0v) is 16.0. The van der Waals surface area contributed by atoms with Gasteiger partial charge in [-0.15, -0.1) is 0 Å². The van der Waals surface area contributed by atoms with Crippen molar-refractivity contribution >= 4 is 15.9 Å². The van der Waals surface area contributed by atoms with E-state index in [9.17, 15) is 17.6 Å². The van der Waals surface area contributed by atoms with E-state index in [2.05, 4.69) is 15.0 Å². The number of rotatable bonds is 8. The quantitative estimate of drug-likeness (QED) is 0.589. The van der Waals surface area contributed by atoms with Crippen LogP contribution in [0.15, 0.2) is 77.8 Å². The molecule has 0 aliphatic rings. The molecular formula is C20H18FN3O4S. The summed E-state index contributed by atoms with van der Waals surface area (Å²) in [6, 6.07) is 16.9. The minimum atomic E-state index is -3.98. The van der Waals surface area contributed by atoms with E-state index in [1.807, 2.05) is 0 Å². The minimum absolute atomic E-state index is 0.181. The van der Waals surface area contributed by atoms with Crippen LogP contribution in [0.2, 0.25) is 0 Å². The van der Waals surface area contributed by atoms with Gasteiger partial charge in [-0.25, -0.2) is 22.5 Å². The molecular weight excluding hydrogens is 397 g/mol. The molecule has 7 nitrogen and oxygen atoms in total. The van der Waals surface area contributed by atoms with Gasteiger partial charge in [-0.1, -0.05) is 24.3 Å². The van der Waals surface area contributed by atoms with Gasteiger partial charge in [-0.05, 0) is 42.0 Å². The molecule has 0 atom stereocenters. The Morgan fingerprint density at radius 2 is 1.86 bits per heavy atom. The fourth-order valence-electron chi connectivity index (χ4n) is 2.39. The van der Waals surface area contributed by atoms with Crippen molar-refractivity contribution in [2.75, 3.05) is 6.54 Å². The molecule has 3 rings (SSSR count). The fraction of sp³-hybridized carbons (Fsp3) is 0.100. The molecule has 0 radical (unpaired) electrons. The molecule has 29 heavy (non-hydrogen) atoms. The lowest BCUT2D eigenvalue weighted by molar-refractivity contribution is -0.120. The summed E-state index contributed by atoms with van der Waals surface area (Å²) in [4.78, 5) is 15.8. The smallest absolute Gasteiger partial charge is 0.241 e. The molecule has 0 unspecified atom stereocenters. The number of nitrogens with zero attached hydrogens (tertiary/aromatic N) is 1. The van der Waals surface area contributed by atoms with Crippen LogP contribution in [0.5, 0.6) is 11.6 Å². The Balaban J connectivity index is 1.52. The average molecular weight is 415 g/mol. The highest BCUT2D eigenvalue weighted by Crippen LogP contribution is 2.19. The lowest BCUT2D eigenvalue weighted by Gasteiger charge is -2.09. The average Bonchev–Trinajstić information content (AvgIpc) is 2.72. The van der Waals surface area contributed by atoms with Crippen LogP contribution in [0.3, 0.4) is 0 Å². The van der Waals surface area contributed by atoms with Gasteiger partial charge in [-0.2, -0.15) is 0 Å². The summed E-state index contributed by atoms with van der Waals surface area (Å²) in [5.41, 5.74) is 0.764. The van der Waals surface area contributed by atoms with E-state index in [-0.39, 0.29) is 11.4 Å². The lowest BCUT2D eigenvalue weighted by Crippen LogP contribution is -2.36. The Hall–Kier alpha value is -3.30. The van der Waals surface area contributed by atoms with E-state index < -0.39 is 28.3 Å². The zero-order valence-electron chi connectivity index (χ0n) is 15.2. The number of carbonyl (C=O) groups excluding carboxylic acids is 1. The Kier molecular flexibility index (Phi) is 6.53. The van der Waals surface area contributed by atoms with E-state index in [1.54, 1.807) is 48.7 Å². The number of benzene rings is 2. The molecule has 2 N–H and O–H groups in total. The van der Waals surface area contributed by atoms with Crippen molar-refractivity contribution in [2.24, 2.45) is 0 Å². The largest absolute Gasteiger partial charge is 0.439 e. The van der Waals surface area contributed by atoms with Crippen molar-refractivity contribution in [3.8, 4) is 11.6 Å². The molecule has 0 saturated heterocycles. The van der Waals surface area contributed by atoms with Crippen LogP contribution in [-0.4, -0.2) is 25.9 Å². The Labute approximate surface area is 167 Å². The number of ether oxygens (including phenoxy) is 1. The van der Waals surface area contributed by atoms with Crippen molar-refractivity contribution in [3.63, 3.8) is 0 Å². The first kappa shape index (κ1) is 20.4. The van der Waals surface area contributed by atoms with E-state index in [4.69, 9.17) is 4.74 Å². The zero-order chi connectivity index (χ0) is 20.7. The van der Waals surface area contributed by atoms with E-state index in [1.165, 1.54) is 12.1 Å². The predicted molar refractivity (Wildman–Crippen MR) is 104 cm³/mol. The molecule has 0 spiro atoms. The number of carbonyl (C=O) groups is 1.